The smallest absolute Gasteiger partial charge is 0.335 e. The van der Waals surface area contributed by atoms with Crippen molar-refractivity contribution in [3.8, 4) is 0 Å². The summed E-state index contributed by atoms with van der Waals surface area (Å²) in [6, 6.07) is 6.08. The van der Waals surface area contributed by atoms with Gasteiger partial charge in [0.25, 0.3) is 0 Å². The van der Waals surface area contributed by atoms with E-state index in [9.17, 15) is 31.1 Å². The molecule has 14 heteroatoms. The molecule has 2 amide bonds. The van der Waals surface area contributed by atoms with Crippen molar-refractivity contribution >= 4 is 34.9 Å². The molecule has 5 rings (SSSR count). The standard InChI is InChI=1S/C24H18Cl2F7N3O2/c25-17-8-14(7-16(19(17)26)23(28,29)30)22(24(31,32)33)9-18(35-38-22)12-1-3-13(4-2-12)21(27)10-36(11-21)20(37)34-15-5-6-15/h1-4,7-9,15,35H,5-6,10-11H2,(H,34,37). The van der Waals surface area contributed by atoms with Crippen molar-refractivity contribution in [1.82, 2.24) is 15.7 Å². The molecule has 5 nitrogen and oxygen atoms in total. The van der Waals surface area contributed by atoms with E-state index in [1.807, 2.05) is 0 Å². The maximum atomic E-state index is 15.3. The molecule has 1 atom stereocenters. The Morgan fingerprint density at radius 3 is 2.21 bits per heavy atom. The van der Waals surface area contributed by atoms with Gasteiger partial charge in [0.1, 0.15) is 0 Å². The Morgan fingerprint density at radius 1 is 1.03 bits per heavy atom. The third kappa shape index (κ3) is 4.66. The van der Waals surface area contributed by atoms with E-state index < -0.39 is 44.8 Å². The van der Waals surface area contributed by atoms with Crippen molar-refractivity contribution in [2.45, 2.75) is 42.5 Å². The topological polar surface area (TPSA) is 53.6 Å². The van der Waals surface area contributed by atoms with E-state index in [-0.39, 0.29) is 48.1 Å². The molecule has 3 aliphatic rings. The highest BCUT2D eigenvalue weighted by atomic mass is 35.5. The number of benzene rings is 2. The van der Waals surface area contributed by atoms with Crippen LogP contribution in [0.4, 0.5) is 35.5 Å². The lowest BCUT2D eigenvalue weighted by Gasteiger charge is -2.44. The zero-order chi connectivity index (χ0) is 27.7. The number of hydroxylamine groups is 1. The van der Waals surface area contributed by atoms with Gasteiger partial charge in [0, 0.05) is 11.6 Å². The molecule has 204 valence electrons. The summed E-state index contributed by atoms with van der Waals surface area (Å²) in [6.45, 7) is -0.351. The van der Waals surface area contributed by atoms with Gasteiger partial charge in [-0.25, -0.2) is 9.18 Å². The van der Waals surface area contributed by atoms with Crippen LogP contribution in [0, 0.1) is 0 Å². The summed E-state index contributed by atoms with van der Waals surface area (Å²) in [5.74, 6) is 0. The summed E-state index contributed by atoms with van der Waals surface area (Å²) >= 11 is 11.3. The molecule has 0 radical (unpaired) electrons. The molecular weight excluding hydrogens is 566 g/mol. The average Bonchev–Trinajstić information content (AvgIpc) is 3.50. The minimum atomic E-state index is -5.21. The van der Waals surface area contributed by atoms with Crippen LogP contribution in [0.1, 0.15) is 35.1 Å². The fraction of sp³-hybridized carbons (Fsp3) is 0.375. The van der Waals surface area contributed by atoms with E-state index in [1.165, 1.54) is 29.2 Å². The molecule has 1 aliphatic carbocycles. The Kier molecular flexibility index (Phi) is 6.31. The molecule has 0 aromatic heterocycles. The maximum Gasteiger partial charge on any atom is 0.428 e. The second kappa shape index (κ2) is 8.92. The second-order valence-corrected chi connectivity index (χ2v) is 10.2. The van der Waals surface area contributed by atoms with Crippen LogP contribution in [0.2, 0.25) is 10.0 Å². The normalized spacial score (nSPS) is 23.0. The first-order valence-electron chi connectivity index (χ1n) is 11.3. The van der Waals surface area contributed by atoms with Gasteiger partial charge in [-0.3, -0.25) is 10.3 Å². The lowest BCUT2D eigenvalue weighted by atomic mass is 9.87. The number of nitrogens with one attached hydrogen (secondary N) is 2. The number of hydrogen-bond acceptors (Lipinski definition) is 3. The van der Waals surface area contributed by atoms with Gasteiger partial charge in [0.2, 0.25) is 5.60 Å². The SMILES string of the molecule is O=C(NC1CC1)N1CC(F)(c2ccc(C3=CC(c4cc(Cl)c(Cl)c(C(F)(F)F)c4)(C(F)(F)F)ON3)cc2)C1. The average molecular weight is 584 g/mol. The minimum Gasteiger partial charge on any atom is -0.335 e. The van der Waals surface area contributed by atoms with E-state index in [0.29, 0.717) is 12.1 Å². The van der Waals surface area contributed by atoms with Gasteiger partial charge >= 0.3 is 18.4 Å². The Morgan fingerprint density at radius 2 is 1.66 bits per heavy atom. The molecule has 1 saturated carbocycles. The Balaban J connectivity index is 1.41. The van der Waals surface area contributed by atoms with E-state index in [1.54, 1.807) is 0 Å². The van der Waals surface area contributed by atoms with E-state index in [2.05, 4.69) is 10.8 Å². The van der Waals surface area contributed by atoms with Crippen LogP contribution in [0.3, 0.4) is 0 Å². The number of hydrogen-bond donors (Lipinski definition) is 2. The van der Waals surface area contributed by atoms with Crippen molar-refractivity contribution < 1.29 is 40.4 Å². The molecule has 38 heavy (non-hydrogen) atoms. The predicted octanol–water partition coefficient (Wildman–Crippen LogP) is 6.70. The van der Waals surface area contributed by atoms with Crippen LogP contribution in [0.25, 0.3) is 5.70 Å². The number of nitrogens with zero attached hydrogens (tertiary/aromatic N) is 1. The Labute approximate surface area is 221 Å². The van der Waals surface area contributed by atoms with Crippen LogP contribution in [0.15, 0.2) is 42.5 Å². The third-order valence-electron chi connectivity index (χ3n) is 6.64. The number of halogens is 9. The van der Waals surface area contributed by atoms with Gasteiger partial charge in [0.05, 0.1) is 34.4 Å². The van der Waals surface area contributed by atoms with E-state index >= 15 is 4.39 Å². The summed E-state index contributed by atoms with van der Waals surface area (Å²) in [7, 11) is 0. The molecule has 2 aromatic rings. The number of urea groups is 1. The fourth-order valence-corrected chi connectivity index (χ4v) is 4.76. The van der Waals surface area contributed by atoms with Gasteiger partial charge in [0.15, 0.2) is 5.67 Å². The van der Waals surface area contributed by atoms with Crippen LogP contribution < -0.4 is 10.8 Å². The maximum absolute atomic E-state index is 15.3. The Bertz CT molecular complexity index is 1300. The summed E-state index contributed by atoms with van der Waals surface area (Å²) in [6.07, 6.45) is -7.92. The zero-order valence-electron chi connectivity index (χ0n) is 19.1. The molecule has 2 aromatic carbocycles. The molecule has 2 fully saturated rings. The molecule has 2 N–H and O–H groups in total. The fourth-order valence-electron chi connectivity index (χ4n) is 4.32. The summed E-state index contributed by atoms with van der Waals surface area (Å²) in [5, 5.41) is 1.09. The number of carbonyl (C=O) groups excluding carboxylic acids is 1. The van der Waals surface area contributed by atoms with Crippen molar-refractivity contribution in [3.63, 3.8) is 0 Å². The van der Waals surface area contributed by atoms with Gasteiger partial charge in [-0.1, -0.05) is 47.5 Å². The van der Waals surface area contributed by atoms with Crippen molar-refractivity contribution in [3.05, 3.63) is 74.8 Å². The molecular formula is C24H18Cl2F7N3O2. The molecule has 2 aliphatic heterocycles. The number of rotatable bonds is 4. The highest BCUT2D eigenvalue weighted by molar-refractivity contribution is 6.42. The van der Waals surface area contributed by atoms with Crippen LogP contribution in [-0.2, 0) is 22.3 Å². The highest BCUT2D eigenvalue weighted by Crippen LogP contribution is 2.50. The second-order valence-electron chi connectivity index (χ2n) is 9.44. The predicted molar refractivity (Wildman–Crippen MR) is 124 cm³/mol. The molecule has 1 saturated heterocycles. The molecule has 0 spiro atoms. The number of alkyl halides is 7. The summed E-state index contributed by atoms with van der Waals surface area (Å²) in [4.78, 5) is 18.2. The first kappa shape index (κ1) is 26.9. The Hall–Kier alpha value is -2.70. The first-order valence-corrected chi connectivity index (χ1v) is 12.0. The highest BCUT2D eigenvalue weighted by Gasteiger charge is 2.60. The van der Waals surface area contributed by atoms with Gasteiger partial charge in [-0.05, 0) is 42.2 Å². The number of carbonyl (C=O) groups is 1. The zero-order valence-corrected chi connectivity index (χ0v) is 20.6. The third-order valence-corrected chi connectivity index (χ3v) is 7.44. The molecule has 0 bridgehead atoms. The summed E-state index contributed by atoms with van der Waals surface area (Å²) < 4.78 is 98.2. The van der Waals surface area contributed by atoms with Crippen LogP contribution in [0.5, 0.6) is 0 Å². The minimum absolute atomic E-state index is 0.124. The first-order chi connectivity index (χ1) is 17.6. The summed E-state index contributed by atoms with van der Waals surface area (Å²) in [5.41, 5.74) is -5.34. The van der Waals surface area contributed by atoms with Gasteiger partial charge in [-0.15, -0.1) is 0 Å². The lowest BCUT2D eigenvalue weighted by molar-refractivity contribution is -0.269. The van der Waals surface area contributed by atoms with Crippen molar-refractivity contribution in [2.75, 3.05) is 13.1 Å². The molecule has 2 heterocycles. The van der Waals surface area contributed by atoms with Crippen LogP contribution >= 0.6 is 23.2 Å². The number of likely N-dealkylation sites (tertiary alicyclic amines) is 1. The quantitative estimate of drug-likeness (QED) is 0.394. The van der Waals surface area contributed by atoms with Crippen LogP contribution in [-0.4, -0.2) is 36.2 Å². The molecule has 1 unspecified atom stereocenters. The monoisotopic (exact) mass is 583 g/mol. The van der Waals surface area contributed by atoms with Crippen molar-refractivity contribution in [1.29, 1.82) is 0 Å². The van der Waals surface area contributed by atoms with E-state index in [0.717, 1.165) is 12.8 Å². The van der Waals surface area contributed by atoms with E-state index in [4.69, 9.17) is 28.0 Å². The van der Waals surface area contributed by atoms with Gasteiger partial charge in [-0.2, -0.15) is 26.3 Å². The van der Waals surface area contributed by atoms with Crippen molar-refractivity contribution in [2.24, 2.45) is 0 Å². The van der Waals surface area contributed by atoms with Gasteiger partial charge < -0.3 is 10.2 Å². The largest absolute Gasteiger partial charge is 0.428 e. The number of amides is 2. The lowest BCUT2D eigenvalue weighted by Crippen LogP contribution is -2.61.